The molecule has 0 aromatic heterocycles. The SMILES string of the molecule is CC(NC(=O)C(N)=O)c1ccccc1. The van der Waals surface area contributed by atoms with Crippen LogP contribution in [-0.4, -0.2) is 11.8 Å². The Labute approximate surface area is 82.1 Å². The molecule has 1 unspecified atom stereocenters. The molecule has 1 rings (SSSR count). The van der Waals surface area contributed by atoms with Crippen LogP contribution in [0.25, 0.3) is 0 Å². The molecule has 1 aromatic carbocycles. The van der Waals surface area contributed by atoms with Crippen molar-refractivity contribution < 1.29 is 9.59 Å². The van der Waals surface area contributed by atoms with Crippen molar-refractivity contribution in [3.8, 4) is 0 Å². The zero-order valence-electron chi connectivity index (χ0n) is 7.86. The summed E-state index contributed by atoms with van der Waals surface area (Å²) in [4.78, 5) is 21.4. The molecule has 0 aliphatic rings. The van der Waals surface area contributed by atoms with Crippen molar-refractivity contribution in [1.82, 2.24) is 5.32 Å². The minimum atomic E-state index is -0.965. The molecule has 3 N–H and O–H groups in total. The molecule has 0 saturated carbocycles. The number of primary amides is 1. The van der Waals surface area contributed by atoms with Crippen LogP contribution in [0.4, 0.5) is 0 Å². The van der Waals surface area contributed by atoms with E-state index in [1.165, 1.54) is 0 Å². The van der Waals surface area contributed by atoms with Crippen LogP contribution in [0, 0.1) is 0 Å². The molecule has 4 heteroatoms. The molecule has 2 amide bonds. The highest BCUT2D eigenvalue weighted by Gasteiger charge is 2.12. The van der Waals surface area contributed by atoms with Gasteiger partial charge in [-0.1, -0.05) is 30.3 Å². The lowest BCUT2D eigenvalue weighted by Gasteiger charge is -2.12. The minimum Gasteiger partial charge on any atom is -0.361 e. The van der Waals surface area contributed by atoms with Gasteiger partial charge in [-0.2, -0.15) is 0 Å². The van der Waals surface area contributed by atoms with Crippen molar-refractivity contribution in [2.24, 2.45) is 5.73 Å². The highest BCUT2D eigenvalue weighted by molar-refractivity contribution is 6.34. The number of amides is 2. The first kappa shape index (κ1) is 10.2. The van der Waals surface area contributed by atoms with E-state index in [2.05, 4.69) is 5.32 Å². The van der Waals surface area contributed by atoms with Crippen LogP contribution < -0.4 is 11.1 Å². The second kappa shape index (κ2) is 4.41. The molecule has 14 heavy (non-hydrogen) atoms. The van der Waals surface area contributed by atoms with Gasteiger partial charge in [0, 0.05) is 0 Å². The predicted octanol–water partition coefficient (Wildman–Crippen LogP) is 0.349. The van der Waals surface area contributed by atoms with Crippen molar-refractivity contribution in [3.63, 3.8) is 0 Å². The van der Waals surface area contributed by atoms with Crippen LogP contribution in [0.1, 0.15) is 18.5 Å². The first-order chi connectivity index (χ1) is 6.61. The van der Waals surface area contributed by atoms with E-state index in [4.69, 9.17) is 5.73 Å². The van der Waals surface area contributed by atoms with Gasteiger partial charge in [-0.25, -0.2) is 0 Å². The number of nitrogens with one attached hydrogen (secondary N) is 1. The van der Waals surface area contributed by atoms with Gasteiger partial charge in [-0.05, 0) is 12.5 Å². The Hall–Kier alpha value is -1.84. The Morgan fingerprint density at radius 2 is 1.86 bits per heavy atom. The number of rotatable bonds is 2. The summed E-state index contributed by atoms with van der Waals surface area (Å²) in [6.07, 6.45) is 0. The third kappa shape index (κ3) is 2.58. The molecular formula is C10H12N2O2. The topological polar surface area (TPSA) is 72.2 Å². The van der Waals surface area contributed by atoms with Gasteiger partial charge in [0.05, 0.1) is 6.04 Å². The minimum absolute atomic E-state index is 0.212. The Kier molecular flexibility index (Phi) is 3.23. The number of hydrogen-bond acceptors (Lipinski definition) is 2. The monoisotopic (exact) mass is 192 g/mol. The van der Waals surface area contributed by atoms with E-state index in [9.17, 15) is 9.59 Å². The van der Waals surface area contributed by atoms with Crippen LogP contribution in [0.3, 0.4) is 0 Å². The summed E-state index contributed by atoms with van der Waals surface area (Å²) in [5, 5.41) is 2.48. The lowest BCUT2D eigenvalue weighted by Crippen LogP contribution is -2.37. The Morgan fingerprint density at radius 3 is 2.36 bits per heavy atom. The lowest BCUT2D eigenvalue weighted by atomic mass is 10.1. The lowest BCUT2D eigenvalue weighted by molar-refractivity contribution is -0.137. The molecule has 0 aliphatic carbocycles. The van der Waals surface area contributed by atoms with Crippen LogP contribution >= 0.6 is 0 Å². The summed E-state index contributed by atoms with van der Waals surface area (Å²) in [5.41, 5.74) is 5.74. The summed E-state index contributed by atoms with van der Waals surface area (Å²) in [5.74, 6) is -1.73. The molecular weight excluding hydrogens is 180 g/mol. The number of benzene rings is 1. The molecule has 74 valence electrons. The quantitative estimate of drug-likeness (QED) is 0.663. The molecule has 0 spiro atoms. The molecule has 0 saturated heterocycles. The van der Waals surface area contributed by atoms with Gasteiger partial charge in [-0.3, -0.25) is 9.59 Å². The second-order valence-corrected chi connectivity index (χ2v) is 2.97. The molecule has 1 atom stereocenters. The molecule has 0 aliphatic heterocycles. The molecule has 0 bridgehead atoms. The van der Waals surface area contributed by atoms with Gasteiger partial charge < -0.3 is 11.1 Å². The highest BCUT2D eigenvalue weighted by Crippen LogP contribution is 2.10. The molecule has 4 nitrogen and oxygen atoms in total. The average molecular weight is 192 g/mol. The summed E-state index contributed by atoms with van der Waals surface area (Å²) in [7, 11) is 0. The van der Waals surface area contributed by atoms with E-state index < -0.39 is 11.8 Å². The maximum atomic E-state index is 10.9. The van der Waals surface area contributed by atoms with Crippen molar-refractivity contribution in [1.29, 1.82) is 0 Å². The summed E-state index contributed by atoms with van der Waals surface area (Å²) in [6, 6.07) is 9.13. The average Bonchev–Trinajstić information content (AvgIpc) is 2.19. The van der Waals surface area contributed by atoms with Crippen molar-refractivity contribution in [2.75, 3.05) is 0 Å². The number of carbonyl (C=O) groups excluding carboxylic acids is 2. The van der Waals surface area contributed by atoms with Gasteiger partial charge in [0.25, 0.3) is 0 Å². The predicted molar refractivity (Wildman–Crippen MR) is 52.2 cm³/mol. The van der Waals surface area contributed by atoms with E-state index in [0.717, 1.165) is 5.56 Å². The zero-order valence-corrected chi connectivity index (χ0v) is 7.86. The van der Waals surface area contributed by atoms with E-state index in [1.54, 1.807) is 6.92 Å². The highest BCUT2D eigenvalue weighted by atomic mass is 16.2. The fourth-order valence-corrected chi connectivity index (χ4v) is 1.09. The fraction of sp³-hybridized carbons (Fsp3) is 0.200. The molecule has 1 aromatic rings. The van der Waals surface area contributed by atoms with Crippen LogP contribution in [0.2, 0.25) is 0 Å². The Bertz CT molecular complexity index is 335. The van der Waals surface area contributed by atoms with Crippen molar-refractivity contribution in [2.45, 2.75) is 13.0 Å². The fourth-order valence-electron chi connectivity index (χ4n) is 1.09. The largest absolute Gasteiger partial charge is 0.361 e. The van der Waals surface area contributed by atoms with Gasteiger partial charge in [0.1, 0.15) is 0 Å². The van der Waals surface area contributed by atoms with E-state index in [-0.39, 0.29) is 6.04 Å². The van der Waals surface area contributed by atoms with E-state index in [1.807, 2.05) is 30.3 Å². The van der Waals surface area contributed by atoms with Crippen molar-refractivity contribution >= 4 is 11.8 Å². The standard InChI is InChI=1S/C10H12N2O2/c1-7(12-10(14)9(11)13)8-5-3-2-4-6-8/h2-7H,1H3,(H2,11,13)(H,12,14). The number of hydrogen-bond donors (Lipinski definition) is 2. The third-order valence-corrected chi connectivity index (χ3v) is 1.87. The smallest absolute Gasteiger partial charge is 0.309 e. The second-order valence-electron chi connectivity index (χ2n) is 2.97. The van der Waals surface area contributed by atoms with E-state index >= 15 is 0 Å². The normalized spacial score (nSPS) is 11.8. The zero-order chi connectivity index (χ0) is 10.6. The number of carbonyl (C=O) groups is 2. The van der Waals surface area contributed by atoms with Crippen LogP contribution in [0.5, 0.6) is 0 Å². The molecule has 0 heterocycles. The van der Waals surface area contributed by atoms with Gasteiger partial charge in [0.15, 0.2) is 0 Å². The first-order valence-corrected chi connectivity index (χ1v) is 4.26. The van der Waals surface area contributed by atoms with Crippen LogP contribution in [-0.2, 0) is 9.59 Å². The van der Waals surface area contributed by atoms with Gasteiger partial charge >= 0.3 is 11.8 Å². The van der Waals surface area contributed by atoms with Gasteiger partial charge in [-0.15, -0.1) is 0 Å². The Morgan fingerprint density at radius 1 is 1.29 bits per heavy atom. The third-order valence-electron chi connectivity index (χ3n) is 1.87. The summed E-state index contributed by atoms with van der Waals surface area (Å²) < 4.78 is 0. The Balaban J connectivity index is 2.64. The number of nitrogens with two attached hydrogens (primary N) is 1. The summed E-state index contributed by atoms with van der Waals surface area (Å²) >= 11 is 0. The van der Waals surface area contributed by atoms with E-state index in [0.29, 0.717) is 0 Å². The molecule has 0 fully saturated rings. The maximum absolute atomic E-state index is 10.9. The van der Waals surface area contributed by atoms with Crippen LogP contribution in [0.15, 0.2) is 30.3 Å². The summed E-state index contributed by atoms with van der Waals surface area (Å²) in [6.45, 7) is 1.79. The van der Waals surface area contributed by atoms with Gasteiger partial charge in [0.2, 0.25) is 0 Å². The molecule has 0 radical (unpaired) electrons. The maximum Gasteiger partial charge on any atom is 0.309 e. The first-order valence-electron chi connectivity index (χ1n) is 4.26. The van der Waals surface area contributed by atoms with Crippen molar-refractivity contribution in [3.05, 3.63) is 35.9 Å².